The molecule has 0 saturated carbocycles. The van der Waals surface area contributed by atoms with Crippen LogP contribution in [0.2, 0.25) is 0 Å². The Morgan fingerprint density at radius 1 is 0.692 bits per heavy atom. The third-order valence-electron chi connectivity index (χ3n) is 4.82. The van der Waals surface area contributed by atoms with E-state index in [1.807, 2.05) is 0 Å². The van der Waals surface area contributed by atoms with E-state index < -0.39 is 0 Å². The van der Waals surface area contributed by atoms with Crippen molar-refractivity contribution in [2.45, 2.75) is 72.6 Å². The van der Waals surface area contributed by atoms with Gasteiger partial charge < -0.3 is 0 Å². The van der Waals surface area contributed by atoms with E-state index in [1.165, 1.54) is 22.3 Å². The summed E-state index contributed by atoms with van der Waals surface area (Å²) in [7, 11) is 0. The Morgan fingerprint density at radius 3 is 1.58 bits per heavy atom. The highest BCUT2D eigenvalue weighted by Crippen LogP contribution is 2.35. The Labute approximate surface area is 159 Å². The van der Waals surface area contributed by atoms with Gasteiger partial charge in [-0.15, -0.1) is 0 Å². The molecule has 2 aromatic rings. The van der Waals surface area contributed by atoms with Crippen molar-refractivity contribution in [3.8, 4) is 0 Å². The molecule has 0 aromatic heterocycles. The quantitative estimate of drug-likeness (QED) is 0.477. The van der Waals surface area contributed by atoms with Gasteiger partial charge in [0.2, 0.25) is 0 Å². The van der Waals surface area contributed by atoms with E-state index in [4.69, 9.17) is 4.99 Å². The van der Waals surface area contributed by atoms with Gasteiger partial charge in [-0.05, 0) is 46.4 Å². The third-order valence-corrected chi connectivity index (χ3v) is 4.82. The van der Waals surface area contributed by atoms with Crippen LogP contribution in [-0.4, -0.2) is 6.01 Å². The summed E-state index contributed by atoms with van der Waals surface area (Å²) in [4.78, 5) is 9.38. The molecule has 0 spiro atoms. The second-order valence-corrected chi connectivity index (χ2v) is 7.78. The highest BCUT2D eigenvalue weighted by Gasteiger charge is 2.13. The van der Waals surface area contributed by atoms with Gasteiger partial charge in [-0.2, -0.15) is 9.98 Å². The molecule has 0 radical (unpaired) electrons. The third kappa shape index (κ3) is 4.51. The number of nitrogens with zero attached hydrogens (tertiary/aromatic N) is 2. The fourth-order valence-electron chi connectivity index (χ4n) is 3.26. The largest absolute Gasteiger partial charge is 0.187 e. The van der Waals surface area contributed by atoms with Crippen LogP contribution in [0.25, 0.3) is 0 Å². The predicted octanol–water partition coefficient (Wildman–Crippen LogP) is 7.76. The Bertz CT molecular complexity index is 781. The normalized spacial score (nSPS) is 11.2. The van der Waals surface area contributed by atoms with Gasteiger partial charge in [0, 0.05) is 0 Å². The monoisotopic (exact) mass is 348 g/mol. The molecule has 0 N–H and O–H groups in total. The molecule has 0 aliphatic heterocycles. The summed E-state index contributed by atoms with van der Waals surface area (Å²) < 4.78 is 0. The first-order chi connectivity index (χ1) is 12.4. The van der Waals surface area contributed by atoms with Crippen LogP contribution in [0.5, 0.6) is 0 Å². The molecule has 0 amide bonds. The number of aliphatic imine (C=N–C) groups is 2. The van der Waals surface area contributed by atoms with Gasteiger partial charge in [-0.1, -0.05) is 84.9 Å². The second kappa shape index (κ2) is 8.96. The summed E-state index contributed by atoms with van der Waals surface area (Å²) in [6, 6.07) is 15.9. The van der Waals surface area contributed by atoms with Gasteiger partial charge in [0.15, 0.2) is 0 Å². The lowest BCUT2D eigenvalue weighted by molar-refractivity contribution is 0.835. The van der Waals surface area contributed by atoms with E-state index in [-0.39, 0.29) is 0 Å². The molecule has 0 heterocycles. The van der Waals surface area contributed by atoms with Crippen molar-refractivity contribution in [3.63, 3.8) is 0 Å². The summed E-state index contributed by atoms with van der Waals surface area (Å²) in [5, 5.41) is 0. The zero-order valence-corrected chi connectivity index (χ0v) is 17.3. The first kappa shape index (κ1) is 20.1. The molecule has 26 heavy (non-hydrogen) atoms. The molecule has 0 fully saturated rings. The van der Waals surface area contributed by atoms with Gasteiger partial charge in [0.05, 0.1) is 11.4 Å². The molecule has 0 bridgehead atoms. The zero-order valence-electron chi connectivity index (χ0n) is 17.3. The molecule has 2 nitrogen and oxygen atoms in total. The van der Waals surface area contributed by atoms with Crippen LogP contribution in [0.3, 0.4) is 0 Å². The second-order valence-electron chi connectivity index (χ2n) is 7.78. The average molecular weight is 349 g/mol. The summed E-state index contributed by atoms with van der Waals surface area (Å²) in [6.07, 6.45) is 0.959. The molecule has 138 valence electrons. The SMILES string of the molecule is CCc1cccc(C(C)C)c1N=C=Nc1c(C(C)C)cccc1C(C)C. The predicted molar refractivity (Wildman–Crippen MR) is 114 cm³/mol. The molecular formula is C24H32N2. The fraction of sp³-hybridized carbons (Fsp3) is 0.458. The van der Waals surface area contributed by atoms with Gasteiger partial charge in [0.25, 0.3) is 0 Å². The van der Waals surface area contributed by atoms with Crippen LogP contribution in [-0.2, 0) is 6.42 Å². The maximum atomic E-state index is 4.70. The van der Waals surface area contributed by atoms with E-state index >= 15 is 0 Å². The smallest absolute Gasteiger partial charge is 0.101 e. The van der Waals surface area contributed by atoms with Crippen molar-refractivity contribution in [2.24, 2.45) is 9.98 Å². The minimum atomic E-state index is 0.420. The van der Waals surface area contributed by atoms with Crippen molar-refractivity contribution in [1.82, 2.24) is 0 Å². The molecule has 2 heteroatoms. The van der Waals surface area contributed by atoms with Crippen LogP contribution < -0.4 is 0 Å². The molecule has 0 atom stereocenters. The van der Waals surface area contributed by atoms with E-state index in [0.29, 0.717) is 17.8 Å². The standard InChI is InChI=1S/C24H32N2/c1-8-19-11-9-12-20(16(2)3)23(19)25-15-26-24-21(17(4)5)13-10-14-22(24)18(6)7/h9-14,16-18H,8H2,1-7H3. The van der Waals surface area contributed by atoms with Gasteiger partial charge in [0.1, 0.15) is 6.01 Å². The van der Waals surface area contributed by atoms with Crippen LogP contribution in [0.4, 0.5) is 11.4 Å². The van der Waals surface area contributed by atoms with Crippen molar-refractivity contribution < 1.29 is 0 Å². The van der Waals surface area contributed by atoms with Crippen LogP contribution >= 0.6 is 0 Å². The molecule has 0 unspecified atom stereocenters. The van der Waals surface area contributed by atoms with E-state index in [1.54, 1.807) is 0 Å². The molecule has 0 aliphatic rings. The van der Waals surface area contributed by atoms with Gasteiger partial charge >= 0.3 is 0 Å². The maximum absolute atomic E-state index is 4.70. The molecule has 2 aromatic carbocycles. The van der Waals surface area contributed by atoms with Crippen LogP contribution in [0, 0.1) is 0 Å². The summed E-state index contributed by atoms with van der Waals surface area (Å²) in [6.45, 7) is 15.4. The van der Waals surface area contributed by atoms with Crippen molar-refractivity contribution in [1.29, 1.82) is 0 Å². The highest BCUT2D eigenvalue weighted by atomic mass is 14.8. The van der Waals surface area contributed by atoms with E-state index in [0.717, 1.165) is 17.8 Å². The Kier molecular flexibility index (Phi) is 6.94. The summed E-state index contributed by atoms with van der Waals surface area (Å²) in [5.41, 5.74) is 7.08. The number of benzene rings is 2. The Balaban J connectivity index is 2.58. The number of aryl methyl sites for hydroxylation is 1. The molecule has 0 saturated heterocycles. The van der Waals surface area contributed by atoms with Gasteiger partial charge in [-0.3, -0.25) is 0 Å². The lowest BCUT2D eigenvalue weighted by Gasteiger charge is -2.15. The average Bonchev–Trinajstić information content (AvgIpc) is 2.61. The van der Waals surface area contributed by atoms with Crippen LogP contribution in [0.1, 0.15) is 88.5 Å². The summed E-state index contributed by atoms with van der Waals surface area (Å²) >= 11 is 0. The number of hydrogen-bond acceptors (Lipinski definition) is 2. The zero-order chi connectivity index (χ0) is 19.3. The lowest BCUT2D eigenvalue weighted by atomic mass is 9.93. The van der Waals surface area contributed by atoms with Crippen LogP contribution in [0.15, 0.2) is 46.4 Å². The Morgan fingerprint density at radius 2 is 1.12 bits per heavy atom. The van der Waals surface area contributed by atoms with Crippen molar-refractivity contribution in [3.05, 3.63) is 58.7 Å². The first-order valence-corrected chi connectivity index (χ1v) is 9.77. The fourth-order valence-corrected chi connectivity index (χ4v) is 3.26. The first-order valence-electron chi connectivity index (χ1n) is 9.77. The molecule has 2 rings (SSSR count). The number of hydrogen-bond donors (Lipinski definition) is 0. The molecule has 0 aliphatic carbocycles. The van der Waals surface area contributed by atoms with E-state index in [2.05, 4.69) is 95.9 Å². The minimum absolute atomic E-state index is 0.420. The lowest BCUT2D eigenvalue weighted by Crippen LogP contribution is -1.95. The number of para-hydroxylation sites is 2. The van der Waals surface area contributed by atoms with Crippen molar-refractivity contribution in [2.75, 3.05) is 0 Å². The highest BCUT2D eigenvalue weighted by molar-refractivity contribution is 5.66. The topological polar surface area (TPSA) is 24.7 Å². The van der Waals surface area contributed by atoms with Crippen molar-refractivity contribution >= 4 is 17.4 Å². The maximum Gasteiger partial charge on any atom is 0.101 e. The van der Waals surface area contributed by atoms with Gasteiger partial charge in [-0.25, -0.2) is 0 Å². The number of rotatable bonds is 6. The van der Waals surface area contributed by atoms with E-state index in [9.17, 15) is 0 Å². The summed E-state index contributed by atoms with van der Waals surface area (Å²) in [5.74, 6) is 1.27. The minimum Gasteiger partial charge on any atom is -0.187 e. The Hall–Kier alpha value is -2.18. The molecular weight excluding hydrogens is 316 g/mol.